The lowest BCUT2D eigenvalue weighted by Crippen LogP contribution is -2.45. The largest absolute Gasteiger partial charge is 0.491 e. The molecule has 0 unspecified atom stereocenters. The smallest absolute Gasteiger partial charge is 0.339 e. The van der Waals surface area contributed by atoms with Crippen molar-refractivity contribution in [2.24, 2.45) is 0 Å². The van der Waals surface area contributed by atoms with Crippen molar-refractivity contribution in [2.45, 2.75) is 6.92 Å². The van der Waals surface area contributed by atoms with Gasteiger partial charge in [0, 0.05) is 32.7 Å². The van der Waals surface area contributed by atoms with Gasteiger partial charge in [-0.25, -0.2) is 4.79 Å². The van der Waals surface area contributed by atoms with Crippen LogP contribution in [0.2, 0.25) is 0 Å². The number of hydrogen-bond donors (Lipinski definition) is 1. The Hall–Kier alpha value is -1.59. The maximum atomic E-state index is 11.2. The van der Waals surface area contributed by atoms with Crippen LogP contribution in [0.4, 0.5) is 0 Å². The van der Waals surface area contributed by atoms with Crippen LogP contribution in [0, 0.1) is 6.92 Å². The molecule has 5 nitrogen and oxygen atoms in total. The molecule has 0 radical (unpaired) electrons. The Morgan fingerprint density at radius 2 is 2.00 bits per heavy atom. The first-order valence-corrected chi connectivity index (χ1v) is 6.94. The number of hydrogen-bond acceptors (Lipinski definition) is 4. The molecule has 110 valence electrons. The van der Waals surface area contributed by atoms with Gasteiger partial charge in [-0.1, -0.05) is 12.1 Å². The third-order valence-corrected chi connectivity index (χ3v) is 3.69. The number of carbonyl (C=O) groups is 1. The normalized spacial score (nSPS) is 17.1. The highest BCUT2D eigenvalue weighted by molar-refractivity contribution is 5.91. The highest BCUT2D eigenvalue weighted by Gasteiger charge is 2.16. The summed E-state index contributed by atoms with van der Waals surface area (Å²) in [4.78, 5) is 15.8. The minimum atomic E-state index is -0.941. The van der Waals surface area contributed by atoms with Crippen molar-refractivity contribution in [1.82, 2.24) is 9.80 Å². The fourth-order valence-electron chi connectivity index (χ4n) is 2.36. The van der Waals surface area contributed by atoms with Gasteiger partial charge in [0.15, 0.2) is 0 Å². The number of carboxylic acid groups (broad SMARTS) is 1. The van der Waals surface area contributed by atoms with Crippen LogP contribution in [0.3, 0.4) is 0 Å². The molecular weight excluding hydrogens is 256 g/mol. The van der Waals surface area contributed by atoms with Gasteiger partial charge in [-0.2, -0.15) is 0 Å². The zero-order valence-electron chi connectivity index (χ0n) is 12.1. The second-order valence-electron chi connectivity index (χ2n) is 5.25. The quantitative estimate of drug-likeness (QED) is 0.880. The van der Waals surface area contributed by atoms with Crippen LogP contribution in [0.5, 0.6) is 5.75 Å². The Morgan fingerprint density at radius 1 is 1.30 bits per heavy atom. The van der Waals surface area contributed by atoms with E-state index >= 15 is 0 Å². The molecule has 1 saturated heterocycles. The summed E-state index contributed by atoms with van der Waals surface area (Å²) < 4.78 is 5.72. The number of benzene rings is 1. The third kappa shape index (κ3) is 3.71. The molecule has 1 aromatic rings. The van der Waals surface area contributed by atoms with Crippen LogP contribution >= 0.6 is 0 Å². The number of para-hydroxylation sites is 1. The van der Waals surface area contributed by atoms with Gasteiger partial charge in [0.05, 0.1) is 0 Å². The predicted octanol–water partition coefficient (Wildman–Crippen LogP) is 1.32. The molecule has 1 heterocycles. The Kier molecular flexibility index (Phi) is 4.98. The molecule has 1 aliphatic heterocycles. The van der Waals surface area contributed by atoms with Gasteiger partial charge in [-0.05, 0) is 25.6 Å². The zero-order chi connectivity index (χ0) is 14.5. The standard InChI is InChI=1S/C15H22N2O3/c1-12-4-3-5-13(15(18)19)14(12)20-11-10-17-8-6-16(2)7-9-17/h3-5H,6-11H2,1-2H3,(H,18,19). The third-order valence-electron chi connectivity index (χ3n) is 3.69. The molecular formula is C15H22N2O3. The number of aryl methyl sites for hydroxylation is 1. The van der Waals surface area contributed by atoms with Crippen molar-refractivity contribution >= 4 is 5.97 Å². The predicted molar refractivity (Wildman–Crippen MR) is 77.6 cm³/mol. The van der Waals surface area contributed by atoms with Gasteiger partial charge >= 0.3 is 5.97 Å². The van der Waals surface area contributed by atoms with Crippen LogP contribution in [0.25, 0.3) is 0 Å². The summed E-state index contributed by atoms with van der Waals surface area (Å²) in [6.45, 7) is 7.46. The van der Waals surface area contributed by atoms with E-state index in [1.807, 2.05) is 13.0 Å². The maximum Gasteiger partial charge on any atom is 0.339 e. The van der Waals surface area contributed by atoms with Crippen LogP contribution < -0.4 is 4.74 Å². The van der Waals surface area contributed by atoms with Crippen molar-refractivity contribution in [3.8, 4) is 5.75 Å². The molecule has 0 atom stereocenters. The first-order valence-electron chi connectivity index (χ1n) is 6.94. The second kappa shape index (κ2) is 6.72. The molecule has 2 rings (SSSR count). The molecule has 0 bridgehead atoms. The molecule has 0 spiro atoms. The van der Waals surface area contributed by atoms with Crippen molar-refractivity contribution < 1.29 is 14.6 Å². The average Bonchev–Trinajstić information content (AvgIpc) is 2.42. The van der Waals surface area contributed by atoms with Gasteiger partial charge in [-0.3, -0.25) is 4.90 Å². The number of carboxylic acids is 1. The fraction of sp³-hybridized carbons (Fsp3) is 0.533. The Labute approximate surface area is 119 Å². The SMILES string of the molecule is Cc1cccc(C(=O)O)c1OCCN1CCN(C)CC1. The van der Waals surface area contributed by atoms with Crippen LogP contribution in [0.15, 0.2) is 18.2 Å². The first kappa shape index (κ1) is 14.8. The lowest BCUT2D eigenvalue weighted by molar-refractivity contribution is 0.0690. The number of ether oxygens (including phenoxy) is 1. The molecule has 1 fully saturated rings. The Bertz CT molecular complexity index is 468. The second-order valence-corrected chi connectivity index (χ2v) is 5.25. The number of aromatic carboxylic acids is 1. The summed E-state index contributed by atoms with van der Waals surface area (Å²) in [5.74, 6) is -0.447. The minimum absolute atomic E-state index is 0.239. The lowest BCUT2D eigenvalue weighted by Gasteiger charge is -2.32. The minimum Gasteiger partial charge on any atom is -0.491 e. The molecule has 20 heavy (non-hydrogen) atoms. The van der Waals surface area contributed by atoms with E-state index in [1.165, 1.54) is 0 Å². The van der Waals surface area contributed by atoms with Crippen LogP contribution in [-0.2, 0) is 0 Å². The molecule has 0 aliphatic carbocycles. The topological polar surface area (TPSA) is 53.0 Å². The Morgan fingerprint density at radius 3 is 2.65 bits per heavy atom. The lowest BCUT2D eigenvalue weighted by atomic mass is 10.1. The van der Waals surface area contributed by atoms with E-state index < -0.39 is 5.97 Å². The number of rotatable bonds is 5. The van der Waals surface area contributed by atoms with E-state index in [4.69, 9.17) is 4.74 Å². The molecule has 5 heteroatoms. The fourth-order valence-corrected chi connectivity index (χ4v) is 2.36. The van der Waals surface area contributed by atoms with Gasteiger partial charge in [-0.15, -0.1) is 0 Å². The number of nitrogens with zero attached hydrogens (tertiary/aromatic N) is 2. The average molecular weight is 278 g/mol. The van der Waals surface area contributed by atoms with Gasteiger partial charge < -0.3 is 14.7 Å². The van der Waals surface area contributed by atoms with E-state index in [0.717, 1.165) is 38.3 Å². The van der Waals surface area contributed by atoms with E-state index in [9.17, 15) is 9.90 Å². The first-order chi connectivity index (χ1) is 9.58. The van der Waals surface area contributed by atoms with Crippen molar-refractivity contribution in [3.05, 3.63) is 29.3 Å². The van der Waals surface area contributed by atoms with Gasteiger partial charge in [0.25, 0.3) is 0 Å². The monoisotopic (exact) mass is 278 g/mol. The van der Waals surface area contributed by atoms with Crippen molar-refractivity contribution in [2.75, 3.05) is 46.4 Å². The summed E-state index contributed by atoms with van der Waals surface area (Å²) in [6.07, 6.45) is 0. The Balaban J connectivity index is 1.89. The molecule has 0 saturated carbocycles. The van der Waals surface area contributed by atoms with Crippen molar-refractivity contribution in [3.63, 3.8) is 0 Å². The van der Waals surface area contributed by atoms with Crippen LogP contribution in [-0.4, -0.2) is 67.3 Å². The molecule has 1 aromatic carbocycles. The summed E-state index contributed by atoms with van der Waals surface area (Å²) in [5, 5.41) is 9.17. The summed E-state index contributed by atoms with van der Waals surface area (Å²) >= 11 is 0. The molecule has 0 amide bonds. The summed E-state index contributed by atoms with van der Waals surface area (Å²) in [6, 6.07) is 5.20. The van der Waals surface area contributed by atoms with E-state index in [0.29, 0.717) is 12.4 Å². The van der Waals surface area contributed by atoms with Crippen molar-refractivity contribution in [1.29, 1.82) is 0 Å². The van der Waals surface area contributed by atoms with Gasteiger partial charge in [0.2, 0.25) is 0 Å². The summed E-state index contributed by atoms with van der Waals surface area (Å²) in [5.41, 5.74) is 1.10. The number of likely N-dealkylation sites (N-methyl/N-ethyl adjacent to an activating group) is 1. The highest BCUT2D eigenvalue weighted by Crippen LogP contribution is 2.23. The maximum absolute atomic E-state index is 11.2. The van der Waals surface area contributed by atoms with Gasteiger partial charge in [0.1, 0.15) is 17.9 Å². The van der Waals surface area contributed by atoms with E-state index in [1.54, 1.807) is 12.1 Å². The molecule has 1 aliphatic rings. The molecule has 1 N–H and O–H groups in total. The summed E-state index contributed by atoms with van der Waals surface area (Å²) in [7, 11) is 2.13. The van der Waals surface area contributed by atoms with E-state index in [-0.39, 0.29) is 5.56 Å². The zero-order valence-corrected chi connectivity index (χ0v) is 12.1. The van der Waals surface area contributed by atoms with E-state index in [2.05, 4.69) is 16.8 Å². The van der Waals surface area contributed by atoms with Crippen LogP contribution in [0.1, 0.15) is 15.9 Å². The molecule has 0 aromatic heterocycles. The number of piperazine rings is 1. The highest BCUT2D eigenvalue weighted by atomic mass is 16.5.